The molecule has 8 nitrogen and oxygen atoms in total. The Morgan fingerprint density at radius 1 is 0.878 bits per heavy atom. The molecular weight excluding hydrogens is 542 g/mol. The largest absolute Gasteiger partial charge is 0.293 e. The molecular formula is C32H20ClN3O5. The van der Waals surface area contributed by atoms with Crippen molar-refractivity contribution in [1.82, 2.24) is 5.01 Å². The van der Waals surface area contributed by atoms with Crippen LogP contribution in [-0.2, 0) is 0 Å². The number of nitro groups is 1. The molecule has 0 bridgehead atoms. The highest BCUT2D eigenvalue weighted by atomic mass is 35.5. The van der Waals surface area contributed by atoms with Gasteiger partial charge in [-0.1, -0.05) is 72.3 Å². The van der Waals surface area contributed by atoms with Crippen LogP contribution in [0.3, 0.4) is 0 Å². The Morgan fingerprint density at radius 3 is 2.22 bits per heavy atom. The first-order valence-corrected chi connectivity index (χ1v) is 13.4. The van der Waals surface area contributed by atoms with Crippen LogP contribution in [0.15, 0.2) is 102 Å². The van der Waals surface area contributed by atoms with Crippen molar-refractivity contribution in [2.24, 2.45) is 10.5 Å². The number of benzene rings is 4. The van der Waals surface area contributed by atoms with Gasteiger partial charge < -0.3 is 0 Å². The third-order valence-corrected chi connectivity index (χ3v) is 8.67. The number of nitro benzene ring substituents is 1. The van der Waals surface area contributed by atoms with E-state index in [4.69, 9.17) is 11.6 Å². The van der Waals surface area contributed by atoms with E-state index in [0.717, 1.165) is 5.56 Å². The number of rotatable bonds is 4. The molecule has 1 aliphatic carbocycles. The van der Waals surface area contributed by atoms with E-state index < -0.39 is 39.9 Å². The summed E-state index contributed by atoms with van der Waals surface area (Å²) in [6.07, 6.45) is 1.62. The van der Waals surface area contributed by atoms with Gasteiger partial charge in [-0.05, 0) is 41.0 Å². The zero-order chi connectivity index (χ0) is 28.5. The molecule has 1 fully saturated rings. The molecule has 4 aromatic rings. The van der Waals surface area contributed by atoms with Crippen molar-refractivity contribution in [2.45, 2.75) is 18.0 Å². The predicted molar refractivity (Wildman–Crippen MR) is 152 cm³/mol. The van der Waals surface area contributed by atoms with Gasteiger partial charge in [-0.15, -0.1) is 0 Å². The number of Topliss-reactive ketones (excluding diaryl/α,β-unsaturated/α-hetero) is 3. The van der Waals surface area contributed by atoms with Crippen LogP contribution in [0.1, 0.15) is 59.7 Å². The molecule has 0 saturated carbocycles. The first-order valence-electron chi connectivity index (χ1n) is 13.0. The standard InChI is InChI=1S/C32H20ClN3O5/c33-21-14-12-18(13-15-21)28(37)27-26(19-7-5-8-22(16-19)36(40)41)32(30(38)24-10-3-4-11-25(24)31(32)39)29-23-9-2-1-6-20(23)17-34-35(27)29/h1-17,26-27,29H/t26-,27-,29-/m1/s1. The number of nitrogens with zero attached hydrogens (tertiary/aromatic N) is 3. The van der Waals surface area contributed by atoms with Crippen molar-refractivity contribution in [2.75, 3.05) is 0 Å². The number of halogens is 1. The minimum Gasteiger partial charge on any atom is -0.293 e. The average molecular weight is 562 g/mol. The lowest BCUT2D eigenvalue weighted by molar-refractivity contribution is -0.384. The lowest BCUT2D eigenvalue weighted by Gasteiger charge is -2.36. The maximum Gasteiger partial charge on any atom is 0.269 e. The molecule has 0 aromatic heterocycles. The van der Waals surface area contributed by atoms with Crippen molar-refractivity contribution < 1.29 is 19.3 Å². The number of carbonyl (C=O) groups is 3. The summed E-state index contributed by atoms with van der Waals surface area (Å²) in [6.45, 7) is 0. The smallest absolute Gasteiger partial charge is 0.269 e. The molecule has 0 N–H and O–H groups in total. The minimum atomic E-state index is -1.81. The number of non-ortho nitro benzene ring substituents is 1. The molecule has 200 valence electrons. The molecule has 2 aliphatic heterocycles. The van der Waals surface area contributed by atoms with E-state index in [1.807, 2.05) is 24.3 Å². The second-order valence-corrected chi connectivity index (χ2v) is 10.8. The molecule has 1 spiro atoms. The summed E-state index contributed by atoms with van der Waals surface area (Å²) in [6, 6.07) is 24.1. The number of ketones is 3. The Kier molecular flexibility index (Phi) is 5.52. The van der Waals surface area contributed by atoms with Gasteiger partial charge in [0.25, 0.3) is 5.69 Å². The molecule has 0 amide bonds. The van der Waals surface area contributed by atoms with Gasteiger partial charge in [0.1, 0.15) is 11.5 Å². The molecule has 0 unspecified atom stereocenters. The third kappa shape index (κ3) is 3.40. The monoisotopic (exact) mass is 561 g/mol. The van der Waals surface area contributed by atoms with Gasteiger partial charge in [0.05, 0.1) is 17.2 Å². The van der Waals surface area contributed by atoms with Crippen LogP contribution in [0.4, 0.5) is 5.69 Å². The minimum absolute atomic E-state index is 0.209. The summed E-state index contributed by atoms with van der Waals surface area (Å²) in [4.78, 5) is 55.1. The van der Waals surface area contributed by atoms with Gasteiger partial charge in [0.2, 0.25) is 0 Å². The fraction of sp³-hybridized carbons (Fsp3) is 0.125. The van der Waals surface area contributed by atoms with Crippen molar-refractivity contribution in [3.05, 3.63) is 146 Å². The van der Waals surface area contributed by atoms with Gasteiger partial charge in [0, 0.05) is 39.8 Å². The molecule has 0 radical (unpaired) electrons. The average Bonchev–Trinajstić information content (AvgIpc) is 3.43. The SMILES string of the molecule is O=C(c1ccc(Cl)cc1)[C@H]1[C@@H](c2cccc([N+](=O)[O-])c2)C2(C(=O)c3ccccc3C2=O)[C@H]2c3ccccc3C=NN12. The maximum atomic E-state index is 14.7. The Hall–Kier alpha value is -4.95. The van der Waals surface area contributed by atoms with Crippen LogP contribution in [0.5, 0.6) is 0 Å². The summed E-state index contributed by atoms with van der Waals surface area (Å²) in [5.41, 5.74) is 0.567. The molecule has 3 aliphatic rings. The van der Waals surface area contributed by atoms with E-state index in [1.165, 1.54) is 18.2 Å². The fourth-order valence-electron chi connectivity index (χ4n) is 6.77. The van der Waals surface area contributed by atoms with Crippen LogP contribution in [0.25, 0.3) is 0 Å². The lowest BCUT2D eigenvalue weighted by Crippen LogP contribution is -2.43. The van der Waals surface area contributed by atoms with E-state index in [-0.39, 0.29) is 22.6 Å². The van der Waals surface area contributed by atoms with Crippen LogP contribution in [-0.4, -0.2) is 39.5 Å². The zero-order valence-electron chi connectivity index (χ0n) is 21.3. The van der Waals surface area contributed by atoms with Crippen LogP contribution in [0, 0.1) is 15.5 Å². The van der Waals surface area contributed by atoms with Crippen molar-refractivity contribution in [3.63, 3.8) is 0 Å². The number of carbonyl (C=O) groups excluding carboxylic acids is 3. The fourth-order valence-corrected chi connectivity index (χ4v) is 6.89. The highest BCUT2D eigenvalue weighted by Crippen LogP contribution is 2.64. The van der Waals surface area contributed by atoms with E-state index in [9.17, 15) is 24.5 Å². The van der Waals surface area contributed by atoms with Crippen LogP contribution >= 0.6 is 11.6 Å². The molecule has 41 heavy (non-hydrogen) atoms. The molecule has 3 atom stereocenters. The Labute approximate surface area is 239 Å². The summed E-state index contributed by atoms with van der Waals surface area (Å²) in [5, 5.41) is 18.5. The van der Waals surface area contributed by atoms with Crippen molar-refractivity contribution in [3.8, 4) is 0 Å². The second kappa shape index (κ2) is 9.04. The number of fused-ring (bicyclic) bond motifs is 5. The lowest BCUT2D eigenvalue weighted by atomic mass is 9.63. The number of hydrogen-bond donors (Lipinski definition) is 0. The topological polar surface area (TPSA) is 110 Å². The Morgan fingerprint density at radius 2 is 1.54 bits per heavy atom. The van der Waals surface area contributed by atoms with E-state index in [1.54, 1.807) is 65.8 Å². The van der Waals surface area contributed by atoms with Gasteiger partial charge in [-0.25, -0.2) is 0 Å². The first-order chi connectivity index (χ1) is 19.8. The summed E-state index contributed by atoms with van der Waals surface area (Å²) in [7, 11) is 0. The van der Waals surface area contributed by atoms with E-state index >= 15 is 0 Å². The molecule has 4 aromatic carbocycles. The van der Waals surface area contributed by atoms with Gasteiger partial charge in [-0.2, -0.15) is 5.10 Å². The summed E-state index contributed by atoms with van der Waals surface area (Å²) < 4.78 is 0. The molecule has 9 heteroatoms. The molecule has 2 heterocycles. The van der Waals surface area contributed by atoms with Crippen molar-refractivity contribution in [1.29, 1.82) is 0 Å². The number of hydrazone groups is 1. The number of hydrogen-bond acceptors (Lipinski definition) is 7. The summed E-state index contributed by atoms with van der Waals surface area (Å²) in [5.74, 6) is -2.33. The van der Waals surface area contributed by atoms with Crippen molar-refractivity contribution >= 4 is 40.9 Å². The predicted octanol–water partition coefficient (Wildman–Crippen LogP) is 6.05. The molecule has 1 saturated heterocycles. The third-order valence-electron chi connectivity index (χ3n) is 8.41. The second-order valence-electron chi connectivity index (χ2n) is 10.4. The van der Waals surface area contributed by atoms with Gasteiger partial charge in [0.15, 0.2) is 17.3 Å². The zero-order valence-corrected chi connectivity index (χ0v) is 22.1. The normalized spacial score (nSPS) is 21.5. The Balaban J connectivity index is 1.56. The maximum absolute atomic E-state index is 14.7. The highest BCUT2D eigenvalue weighted by molar-refractivity contribution is 6.32. The van der Waals surface area contributed by atoms with Gasteiger partial charge in [-0.3, -0.25) is 29.5 Å². The summed E-state index contributed by atoms with van der Waals surface area (Å²) >= 11 is 6.10. The van der Waals surface area contributed by atoms with Gasteiger partial charge >= 0.3 is 0 Å². The molecule has 7 rings (SSSR count). The highest BCUT2D eigenvalue weighted by Gasteiger charge is 2.72. The Bertz CT molecular complexity index is 1800. The van der Waals surface area contributed by atoms with E-state index in [0.29, 0.717) is 21.7 Å². The first kappa shape index (κ1) is 25.0. The quantitative estimate of drug-likeness (QED) is 0.130. The van der Waals surface area contributed by atoms with Crippen LogP contribution in [0.2, 0.25) is 5.02 Å². The van der Waals surface area contributed by atoms with Crippen LogP contribution < -0.4 is 0 Å². The van der Waals surface area contributed by atoms with E-state index in [2.05, 4.69) is 5.10 Å².